The summed E-state index contributed by atoms with van der Waals surface area (Å²) in [6.07, 6.45) is 1.17. The second kappa shape index (κ2) is 6.66. The molecule has 0 unspecified atom stereocenters. The first-order chi connectivity index (χ1) is 6.81. The Morgan fingerprint density at radius 1 is 1.07 bits per heavy atom. The summed E-state index contributed by atoms with van der Waals surface area (Å²) in [5, 5.41) is 0.493. The highest BCUT2D eigenvalue weighted by Gasteiger charge is 2.33. The van der Waals surface area contributed by atoms with Gasteiger partial charge in [0.05, 0.1) is 8.07 Å². The van der Waals surface area contributed by atoms with Crippen LogP contribution in [0.1, 0.15) is 34.1 Å². The van der Waals surface area contributed by atoms with Crippen LogP contribution in [0.5, 0.6) is 0 Å². The molecule has 15 heavy (non-hydrogen) atoms. The molecule has 0 spiro atoms. The molecule has 0 aromatic heterocycles. The molecule has 0 aliphatic rings. The van der Waals surface area contributed by atoms with Gasteiger partial charge in [0, 0.05) is 13.2 Å². The quantitative estimate of drug-likeness (QED) is 0.376. The highest BCUT2D eigenvalue weighted by atomic mass is 28.3. The lowest BCUT2D eigenvalue weighted by Crippen LogP contribution is -2.36. The zero-order valence-corrected chi connectivity index (χ0v) is 12.4. The van der Waals surface area contributed by atoms with Crippen LogP contribution in [0.3, 0.4) is 0 Å². The molecule has 3 heteroatoms. The van der Waals surface area contributed by atoms with Crippen LogP contribution in [0.25, 0.3) is 0 Å². The van der Waals surface area contributed by atoms with Gasteiger partial charge in [0.2, 0.25) is 0 Å². The molecule has 0 aromatic rings. The van der Waals surface area contributed by atoms with Gasteiger partial charge in [0.15, 0.2) is 0 Å². The summed E-state index contributed by atoms with van der Waals surface area (Å²) in [5.41, 5.74) is 0. The van der Waals surface area contributed by atoms with Gasteiger partial charge < -0.3 is 9.47 Å². The van der Waals surface area contributed by atoms with Crippen LogP contribution >= 0.6 is 0 Å². The third kappa shape index (κ3) is 6.33. The summed E-state index contributed by atoms with van der Waals surface area (Å²) in [6.45, 7) is 16.0. The fourth-order valence-corrected chi connectivity index (χ4v) is 2.97. The van der Waals surface area contributed by atoms with Crippen LogP contribution in [-0.2, 0) is 9.47 Å². The Balaban J connectivity index is 3.58. The average molecular weight is 232 g/mol. The standard InChI is InChI=1S/C12H28O2Si/c1-7-13-11-14-9-8-10-15(5,6)12(2,3)4/h7-11H2,1-6H3. The molecule has 0 amide bonds. The lowest BCUT2D eigenvalue weighted by Gasteiger charge is -2.37. The molecule has 2 nitrogen and oxygen atoms in total. The van der Waals surface area contributed by atoms with Crippen LogP contribution in [-0.4, -0.2) is 28.1 Å². The van der Waals surface area contributed by atoms with E-state index in [1.165, 1.54) is 12.5 Å². The zero-order chi connectivity index (χ0) is 11.9. The zero-order valence-electron chi connectivity index (χ0n) is 11.4. The first-order valence-electron chi connectivity index (χ1n) is 5.97. The third-order valence-corrected chi connectivity index (χ3v) is 9.16. The average Bonchev–Trinajstić information content (AvgIpc) is 2.09. The van der Waals surface area contributed by atoms with E-state index in [2.05, 4.69) is 33.9 Å². The number of ether oxygens (including phenoxy) is 2. The maximum atomic E-state index is 5.38. The molecule has 0 saturated carbocycles. The summed E-state index contributed by atoms with van der Waals surface area (Å²) in [4.78, 5) is 0. The fraction of sp³-hybridized carbons (Fsp3) is 1.00. The fourth-order valence-electron chi connectivity index (χ4n) is 1.19. The Kier molecular flexibility index (Phi) is 6.72. The van der Waals surface area contributed by atoms with Crippen molar-refractivity contribution in [2.24, 2.45) is 0 Å². The van der Waals surface area contributed by atoms with Gasteiger partial charge in [0.25, 0.3) is 0 Å². The van der Waals surface area contributed by atoms with E-state index in [0.717, 1.165) is 13.2 Å². The Labute approximate surface area is 96.4 Å². The van der Waals surface area contributed by atoms with Crippen molar-refractivity contribution >= 4 is 8.07 Å². The van der Waals surface area contributed by atoms with E-state index in [1.54, 1.807) is 0 Å². The van der Waals surface area contributed by atoms with Gasteiger partial charge in [-0.1, -0.05) is 39.9 Å². The molecule has 0 heterocycles. The molecule has 92 valence electrons. The Hall–Kier alpha value is 0.137. The molecular weight excluding hydrogens is 204 g/mol. The van der Waals surface area contributed by atoms with E-state index in [4.69, 9.17) is 9.47 Å². The second-order valence-electron chi connectivity index (χ2n) is 5.76. The van der Waals surface area contributed by atoms with Crippen molar-refractivity contribution in [2.45, 2.75) is 58.3 Å². The normalized spacial score (nSPS) is 13.2. The van der Waals surface area contributed by atoms with E-state index in [0.29, 0.717) is 11.8 Å². The van der Waals surface area contributed by atoms with Crippen LogP contribution in [0, 0.1) is 0 Å². The SMILES string of the molecule is CCOCOCCC[Si](C)(C)C(C)(C)C. The first-order valence-corrected chi connectivity index (χ1v) is 9.17. The predicted octanol–water partition coefficient (Wildman–Crippen LogP) is 3.90. The summed E-state index contributed by atoms with van der Waals surface area (Å²) in [5.74, 6) is 0. The van der Waals surface area contributed by atoms with Crippen LogP contribution in [0.4, 0.5) is 0 Å². The lowest BCUT2D eigenvalue weighted by atomic mass is 10.2. The van der Waals surface area contributed by atoms with Crippen molar-refractivity contribution < 1.29 is 9.47 Å². The summed E-state index contributed by atoms with van der Waals surface area (Å²) in [7, 11) is -1.09. The van der Waals surface area contributed by atoms with E-state index in [1.807, 2.05) is 6.92 Å². The Morgan fingerprint density at radius 3 is 2.13 bits per heavy atom. The molecule has 0 radical (unpaired) electrons. The van der Waals surface area contributed by atoms with Gasteiger partial charge in [-0.2, -0.15) is 0 Å². The largest absolute Gasteiger partial charge is 0.356 e. The highest BCUT2D eigenvalue weighted by Crippen LogP contribution is 2.39. The molecule has 0 saturated heterocycles. The lowest BCUT2D eigenvalue weighted by molar-refractivity contribution is -0.0489. The molecular formula is C12H28O2Si. The summed E-state index contributed by atoms with van der Waals surface area (Å²) < 4.78 is 10.5. The van der Waals surface area contributed by atoms with Crippen molar-refractivity contribution in [3.8, 4) is 0 Å². The Morgan fingerprint density at radius 2 is 1.67 bits per heavy atom. The van der Waals surface area contributed by atoms with Gasteiger partial charge in [0.1, 0.15) is 6.79 Å². The predicted molar refractivity (Wildman–Crippen MR) is 69.1 cm³/mol. The van der Waals surface area contributed by atoms with Crippen LogP contribution in [0.2, 0.25) is 24.2 Å². The molecule has 0 atom stereocenters. The van der Waals surface area contributed by atoms with E-state index >= 15 is 0 Å². The summed E-state index contributed by atoms with van der Waals surface area (Å²) in [6, 6.07) is 1.34. The molecule has 0 rings (SSSR count). The van der Waals surface area contributed by atoms with Gasteiger partial charge in [-0.25, -0.2) is 0 Å². The minimum atomic E-state index is -1.09. The molecule has 0 N–H and O–H groups in total. The minimum absolute atomic E-state index is 0.452. The number of rotatable bonds is 7. The van der Waals surface area contributed by atoms with Crippen molar-refractivity contribution in [3.63, 3.8) is 0 Å². The maximum Gasteiger partial charge on any atom is 0.146 e. The minimum Gasteiger partial charge on any atom is -0.356 e. The first kappa shape index (κ1) is 15.1. The topological polar surface area (TPSA) is 18.5 Å². The van der Waals surface area contributed by atoms with Gasteiger partial charge >= 0.3 is 0 Å². The van der Waals surface area contributed by atoms with Crippen LogP contribution in [0.15, 0.2) is 0 Å². The number of hydrogen-bond acceptors (Lipinski definition) is 2. The number of hydrogen-bond donors (Lipinski definition) is 0. The van der Waals surface area contributed by atoms with Gasteiger partial charge in [-0.15, -0.1) is 0 Å². The molecule has 0 aromatic carbocycles. The van der Waals surface area contributed by atoms with E-state index < -0.39 is 8.07 Å². The third-order valence-electron chi connectivity index (χ3n) is 3.49. The van der Waals surface area contributed by atoms with Crippen molar-refractivity contribution in [1.82, 2.24) is 0 Å². The maximum absolute atomic E-state index is 5.38. The molecule has 0 fully saturated rings. The smallest absolute Gasteiger partial charge is 0.146 e. The van der Waals surface area contributed by atoms with E-state index in [9.17, 15) is 0 Å². The van der Waals surface area contributed by atoms with Crippen molar-refractivity contribution in [1.29, 1.82) is 0 Å². The van der Waals surface area contributed by atoms with Gasteiger partial charge in [-0.3, -0.25) is 0 Å². The second-order valence-corrected chi connectivity index (χ2v) is 11.5. The molecule has 0 bridgehead atoms. The molecule has 0 aliphatic heterocycles. The van der Waals surface area contributed by atoms with E-state index in [-0.39, 0.29) is 0 Å². The summed E-state index contributed by atoms with van der Waals surface area (Å²) >= 11 is 0. The Bertz CT molecular complexity index is 161. The van der Waals surface area contributed by atoms with Crippen molar-refractivity contribution in [3.05, 3.63) is 0 Å². The van der Waals surface area contributed by atoms with Crippen molar-refractivity contribution in [2.75, 3.05) is 20.0 Å². The molecule has 0 aliphatic carbocycles. The van der Waals surface area contributed by atoms with Gasteiger partial charge in [-0.05, 0) is 18.4 Å². The highest BCUT2D eigenvalue weighted by molar-refractivity contribution is 6.80. The monoisotopic (exact) mass is 232 g/mol. The van der Waals surface area contributed by atoms with Crippen LogP contribution < -0.4 is 0 Å².